The zero-order chi connectivity index (χ0) is 35.2. The predicted molar refractivity (Wildman–Crippen MR) is 202 cm³/mol. The van der Waals surface area contributed by atoms with Crippen LogP contribution < -0.4 is 0 Å². The van der Waals surface area contributed by atoms with Crippen molar-refractivity contribution in [2.24, 2.45) is 0 Å². The molecule has 3 aliphatic rings. The topological polar surface area (TPSA) is 99.4 Å². The van der Waals surface area contributed by atoms with E-state index in [0.717, 1.165) is 33.4 Å². The van der Waals surface area contributed by atoms with E-state index in [2.05, 4.69) is 15.0 Å². The molecule has 0 spiro atoms. The Morgan fingerprint density at radius 1 is 0.365 bits per heavy atom. The first kappa shape index (κ1) is 37.3. The first-order chi connectivity index (χ1) is 24.9. The SMILES string of the molecule is OC1(c2ccccn2)CC=Cc2ccccc21.OC1(c2ccccn2)CC=Cc2ccccc21.OC1(c2ccccn2)CC=Cc2ccccc21.[Tb]. The Kier molecular flexibility index (Phi) is 11.8. The Labute approximate surface area is 335 Å². The summed E-state index contributed by atoms with van der Waals surface area (Å²) in [6, 6.07) is 40.6. The summed E-state index contributed by atoms with van der Waals surface area (Å²) in [7, 11) is 0. The number of fused-ring (bicyclic) bond motifs is 3. The third kappa shape index (κ3) is 7.51. The van der Waals surface area contributed by atoms with Crippen LogP contribution in [-0.4, -0.2) is 30.3 Å². The summed E-state index contributed by atoms with van der Waals surface area (Å²) >= 11 is 0. The average molecular weight is 829 g/mol. The average Bonchev–Trinajstić information content (AvgIpc) is 3.20. The van der Waals surface area contributed by atoms with Crippen LogP contribution >= 0.6 is 0 Å². The van der Waals surface area contributed by atoms with E-state index in [1.54, 1.807) is 18.6 Å². The molecule has 0 saturated carbocycles. The van der Waals surface area contributed by atoms with Gasteiger partial charge in [0.2, 0.25) is 0 Å². The van der Waals surface area contributed by atoms with E-state index in [1.165, 1.54) is 0 Å². The minimum absolute atomic E-state index is 0. The number of aromatic nitrogens is 3. The minimum atomic E-state index is -0.993. The maximum absolute atomic E-state index is 10.9. The van der Waals surface area contributed by atoms with Crippen molar-refractivity contribution in [3.63, 3.8) is 0 Å². The summed E-state index contributed by atoms with van der Waals surface area (Å²) in [6.07, 6.45) is 19.0. The zero-order valence-corrected chi connectivity index (χ0v) is 30.6. The van der Waals surface area contributed by atoms with E-state index in [-0.39, 0.29) is 38.6 Å². The largest absolute Gasteiger partial charge is 0.378 e. The molecule has 52 heavy (non-hydrogen) atoms. The zero-order valence-electron chi connectivity index (χ0n) is 28.5. The Hall–Kier alpha value is -4.50. The summed E-state index contributed by atoms with van der Waals surface area (Å²) in [5.41, 5.74) is 5.12. The molecular weight excluding hydrogens is 789 g/mol. The molecule has 7 heteroatoms. The monoisotopic (exact) mass is 828 g/mol. The van der Waals surface area contributed by atoms with Crippen molar-refractivity contribution in [2.75, 3.05) is 0 Å². The van der Waals surface area contributed by atoms with Crippen LogP contribution in [0.5, 0.6) is 0 Å². The number of nitrogens with zero attached hydrogens (tertiary/aromatic N) is 3. The third-order valence-corrected chi connectivity index (χ3v) is 9.62. The fourth-order valence-electron chi connectivity index (χ4n) is 7.01. The fourth-order valence-corrected chi connectivity index (χ4v) is 7.01. The molecule has 6 nitrogen and oxygen atoms in total. The molecule has 0 fully saturated rings. The number of benzene rings is 3. The van der Waals surface area contributed by atoms with Gasteiger partial charge in [0.15, 0.2) is 0 Å². The molecule has 3 aliphatic carbocycles. The summed E-state index contributed by atoms with van der Waals surface area (Å²) in [5.74, 6) is 0. The van der Waals surface area contributed by atoms with Crippen molar-refractivity contribution < 1.29 is 53.9 Å². The maximum Gasteiger partial charge on any atom is 0.135 e. The van der Waals surface area contributed by atoms with Crippen molar-refractivity contribution in [1.82, 2.24) is 15.0 Å². The van der Waals surface area contributed by atoms with Crippen molar-refractivity contribution in [2.45, 2.75) is 36.1 Å². The molecule has 0 aliphatic heterocycles. The van der Waals surface area contributed by atoms with Gasteiger partial charge in [0.05, 0.1) is 17.1 Å². The smallest absolute Gasteiger partial charge is 0.135 e. The van der Waals surface area contributed by atoms with Gasteiger partial charge in [-0.25, -0.2) is 0 Å². The van der Waals surface area contributed by atoms with Gasteiger partial charge in [-0.1, -0.05) is 127 Å². The van der Waals surface area contributed by atoms with Crippen molar-refractivity contribution in [3.8, 4) is 0 Å². The molecule has 0 amide bonds. The molecule has 0 bridgehead atoms. The summed E-state index contributed by atoms with van der Waals surface area (Å²) < 4.78 is 0. The van der Waals surface area contributed by atoms with E-state index < -0.39 is 16.8 Å². The van der Waals surface area contributed by atoms with E-state index in [0.29, 0.717) is 36.3 Å². The third-order valence-electron chi connectivity index (χ3n) is 9.62. The number of hydrogen-bond acceptors (Lipinski definition) is 6. The van der Waals surface area contributed by atoms with Crippen LogP contribution in [0.25, 0.3) is 18.2 Å². The van der Waals surface area contributed by atoms with Gasteiger partial charge in [-0.3, -0.25) is 15.0 Å². The molecule has 0 saturated heterocycles. The van der Waals surface area contributed by atoms with Gasteiger partial charge < -0.3 is 15.3 Å². The molecule has 9 rings (SSSR count). The van der Waals surface area contributed by atoms with Crippen LogP contribution in [0.15, 0.2) is 164 Å². The fraction of sp³-hybridized carbons (Fsp3) is 0.133. The first-order valence-electron chi connectivity index (χ1n) is 17.1. The van der Waals surface area contributed by atoms with Gasteiger partial charge >= 0.3 is 0 Å². The predicted octanol–water partition coefficient (Wildman–Crippen LogP) is 8.20. The van der Waals surface area contributed by atoms with Crippen LogP contribution in [0.1, 0.15) is 69.7 Å². The van der Waals surface area contributed by atoms with E-state index in [1.807, 2.05) is 164 Å². The molecule has 6 aromatic rings. The number of aliphatic hydroxyl groups is 3. The van der Waals surface area contributed by atoms with Crippen molar-refractivity contribution in [1.29, 1.82) is 0 Å². The van der Waals surface area contributed by atoms with Gasteiger partial charge in [-0.05, 0) is 69.8 Å². The number of pyridine rings is 3. The molecule has 3 heterocycles. The van der Waals surface area contributed by atoms with Crippen LogP contribution in [-0.2, 0) is 16.8 Å². The molecule has 3 aromatic carbocycles. The van der Waals surface area contributed by atoms with E-state index in [4.69, 9.17) is 0 Å². The summed E-state index contributed by atoms with van der Waals surface area (Å²) in [4.78, 5) is 12.9. The van der Waals surface area contributed by atoms with Gasteiger partial charge in [0.25, 0.3) is 0 Å². The second kappa shape index (κ2) is 16.4. The molecule has 3 aromatic heterocycles. The Bertz CT molecular complexity index is 1940. The van der Waals surface area contributed by atoms with Crippen LogP contribution in [0.2, 0.25) is 0 Å². The molecule has 1 radical (unpaired) electrons. The maximum atomic E-state index is 10.9. The number of hydrogen-bond donors (Lipinski definition) is 3. The first-order valence-corrected chi connectivity index (χ1v) is 17.1. The van der Waals surface area contributed by atoms with Gasteiger partial charge in [0, 0.05) is 76.5 Å². The van der Waals surface area contributed by atoms with Crippen LogP contribution in [0.4, 0.5) is 0 Å². The molecule has 3 N–H and O–H groups in total. The van der Waals surface area contributed by atoms with Crippen LogP contribution in [0.3, 0.4) is 0 Å². The Morgan fingerprint density at radius 3 is 0.904 bits per heavy atom. The van der Waals surface area contributed by atoms with E-state index >= 15 is 0 Å². The Balaban J connectivity index is 0.000000133. The second-order valence-electron chi connectivity index (χ2n) is 12.8. The van der Waals surface area contributed by atoms with Crippen molar-refractivity contribution >= 4 is 18.2 Å². The number of rotatable bonds is 3. The van der Waals surface area contributed by atoms with Gasteiger partial charge in [0.1, 0.15) is 16.8 Å². The Morgan fingerprint density at radius 2 is 0.635 bits per heavy atom. The van der Waals surface area contributed by atoms with Gasteiger partial charge in [-0.2, -0.15) is 0 Å². The minimum Gasteiger partial charge on any atom is -0.378 e. The second-order valence-corrected chi connectivity index (χ2v) is 12.8. The molecule has 261 valence electrons. The van der Waals surface area contributed by atoms with Gasteiger partial charge in [-0.15, -0.1) is 0 Å². The summed E-state index contributed by atoms with van der Waals surface area (Å²) in [6.45, 7) is 0. The van der Waals surface area contributed by atoms with Crippen molar-refractivity contribution in [3.05, 3.63) is 215 Å². The van der Waals surface area contributed by atoms with E-state index in [9.17, 15) is 15.3 Å². The normalized spacial score (nSPS) is 21.8. The standard InChI is InChI=1S/3C15H13NO.Tb/c3*17-15(14-9-3-4-11-16-14)10-5-7-12-6-1-2-8-13(12)15;/h3*1-9,11,17H,10H2;. The molecule has 3 unspecified atom stereocenters. The molecule has 3 atom stereocenters. The quantitative estimate of drug-likeness (QED) is 0.167. The summed E-state index contributed by atoms with van der Waals surface area (Å²) in [5, 5.41) is 32.6. The molecular formula is C45H39N3O3Tb. The van der Waals surface area contributed by atoms with Crippen LogP contribution in [0, 0.1) is 38.6 Å².